The molecule has 0 bridgehead atoms. The zero-order chi connectivity index (χ0) is 18.8. The van der Waals surface area contributed by atoms with Gasteiger partial charge in [0.1, 0.15) is 6.23 Å². The van der Waals surface area contributed by atoms with E-state index in [1.807, 2.05) is 23.1 Å². The quantitative estimate of drug-likeness (QED) is 0.778. The van der Waals surface area contributed by atoms with Crippen LogP contribution in [0.15, 0.2) is 30.3 Å². The third-order valence-corrected chi connectivity index (χ3v) is 6.49. The molecule has 3 atom stereocenters. The Morgan fingerprint density at radius 2 is 2.07 bits per heavy atom. The Hall–Kier alpha value is -1.98. The fourth-order valence-corrected chi connectivity index (χ4v) is 5.24. The van der Waals surface area contributed by atoms with Crippen LogP contribution in [0.2, 0.25) is 0 Å². The number of rotatable bonds is 1. The number of ether oxygens (including phenoxy) is 1. The molecule has 0 N–H and O–H groups in total. The van der Waals surface area contributed by atoms with Crippen LogP contribution in [0, 0.1) is 5.92 Å². The maximum absolute atomic E-state index is 13.4. The topological polar surface area (TPSA) is 45.7 Å². The number of hydrogen-bond acceptors (Lipinski definition) is 4. The van der Waals surface area contributed by atoms with Crippen molar-refractivity contribution in [1.29, 1.82) is 0 Å². The molecular formula is C22H27N3O2. The molecule has 5 rings (SSSR count). The number of benzene rings is 1. The van der Waals surface area contributed by atoms with Crippen LogP contribution in [0.5, 0.6) is 0 Å². The van der Waals surface area contributed by atoms with E-state index in [-0.39, 0.29) is 29.7 Å². The predicted octanol–water partition coefficient (Wildman–Crippen LogP) is 3.31. The number of nitrogens with zero attached hydrogens (tertiary/aromatic N) is 3. The fraction of sp³-hybridized carbons (Fsp3) is 0.545. The molecule has 0 radical (unpaired) electrons. The summed E-state index contributed by atoms with van der Waals surface area (Å²) in [6.45, 7) is 8.87. The number of pyridine rings is 1. The van der Waals surface area contributed by atoms with Crippen LogP contribution in [0.1, 0.15) is 44.9 Å². The molecule has 4 heterocycles. The van der Waals surface area contributed by atoms with Crippen LogP contribution in [0.4, 0.5) is 0 Å². The van der Waals surface area contributed by atoms with Crippen molar-refractivity contribution in [3.8, 4) is 0 Å². The second-order valence-corrected chi connectivity index (χ2v) is 8.92. The molecule has 1 amide bonds. The van der Waals surface area contributed by atoms with Crippen molar-refractivity contribution >= 4 is 16.8 Å². The van der Waals surface area contributed by atoms with Crippen LogP contribution in [-0.2, 0) is 22.6 Å². The first-order valence-corrected chi connectivity index (χ1v) is 10.0. The van der Waals surface area contributed by atoms with Gasteiger partial charge in [-0.2, -0.15) is 0 Å². The summed E-state index contributed by atoms with van der Waals surface area (Å²) < 4.78 is 6.24. The summed E-state index contributed by atoms with van der Waals surface area (Å²) in [4.78, 5) is 22.5. The van der Waals surface area contributed by atoms with E-state index >= 15 is 0 Å². The van der Waals surface area contributed by atoms with Crippen LogP contribution < -0.4 is 0 Å². The van der Waals surface area contributed by atoms with Gasteiger partial charge in [-0.05, 0) is 51.3 Å². The van der Waals surface area contributed by atoms with Crippen molar-refractivity contribution in [2.24, 2.45) is 5.92 Å². The molecular weight excluding hydrogens is 338 g/mol. The summed E-state index contributed by atoms with van der Waals surface area (Å²) in [6, 6.07) is 10.4. The molecule has 5 nitrogen and oxygen atoms in total. The van der Waals surface area contributed by atoms with Gasteiger partial charge in [-0.25, -0.2) is 0 Å². The molecule has 1 aromatic heterocycles. The Balaban J connectivity index is 1.38. The number of fused-ring (bicyclic) bond motifs is 3. The molecule has 3 aliphatic rings. The Morgan fingerprint density at radius 1 is 1.26 bits per heavy atom. The van der Waals surface area contributed by atoms with Gasteiger partial charge in [0.2, 0.25) is 5.91 Å². The molecule has 5 heteroatoms. The summed E-state index contributed by atoms with van der Waals surface area (Å²) in [5.74, 6) is 0.144. The van der Waals surface area contributed by atoms with Crippen molar-refractivity contribution in [2.45, 2.75) is 64.6 Å². The maximum atomic E-state index is 13.4. The van der Waals surface area contributed by atoms with E-state index in [1.165, 1.54) is 5.56 Å². The van der Waals surface area contributed by atoms with Gasteiger partial charge in [0.25, 0.3) is 0 Å². The van der Waals surface area contributed by atoms with Gasteiger partial charge in [-0.1, -0.05) is 18.2 Å². The normalized spacial score (nSPS) is 29.7. The lowest BCUT2D eigenvalue weighted by Crippen LogP contribution is -2.57. The summed E-state index contributed by atoms with van der Waals surface area (Å²) in [7, 11) is 0. The largest absolute Gasteiger partial charge is 0.359 e. The molecule has 0 aliphatic carbocycles. The summed E-state index contributed by atoms with van der Waals surface area (Å²) >= 11 is 0. The first kappa shape index (κ1) is 17.1. The van der Waals surface area contributed by atoms with Crippen LogP contribution in [-0.4, -0.2) is 45.1 Å². The van der Waals surface area contributed by atoms with Crippen LogP contribution >= 0.6 is 0 Å². The minimum atomic E-state index is -0.0907. The van der Waals surface area contributed by atoms with Crippen molar-refractivity contribution in [3.05, 3.63) is 41.6 Å². The van der Waals surface area contributed by atoms with E-state index < -0.39 is 0 Å². The zero-order valence-corrected chi connectivity index (χ0v) is 16.3. The van der Waals surface area contributed by atoms with Gasteiger partial charge in [-0.15, -0.1) is 0 Å². The minimum Gasteiger partial charge on any atom is -0.359 e. The molecule has 142 valence electrons. The van der Waals surface area contributed by atoms with Crippen molar-refractivity contribution < 1.29 is 9.53 Å². The molecule has 3 aliphatic heterocycles. The average Bonchev–Trinajstić information content (AvgIpc) is 3.22. The Labute approximate surface area is 160 Å². The number of para-hydroxylation sites is 1. The standard InChI is InChI=1S/C22H27N3O2/c1-14-11-22(2,3)25-9-8-17(21(25)27-14)20(26)24-12-16-10-15-6-4-5-7-18(15)23-19(16)13-24/h4-7,10,14,17,21H,8-9,11-13H2,1-3H3. The molecule has 1 aromatic carbocycles. The summed E-state index contributed by atoms with van der Waals surface area (Å²) in [5.41, 5.74) is 3.30. The number of amides is 1. The first-order chi connectivity index (χ1) is 12.9. The summed E-state index contributed by atoms with van der Waals surface area (Å²) in [5, 5.41) is 1.14. The van der Waals surface area contributed by atoms with Gasteiger partial charge in [0.05, 0.1) is 29.8 Å². The monoisotopic (exact) mass is 365 g/mol. The van der Waals surface area contributed by atoms with Crippen molar-refractivity contribution in [1.82, 2.24) is 14.8 Å². The Morgan fingerprint density at radius 3 is 2.93 bits per heavy atom. The first-order valence-electron chi connectivity index (χ1n) is 10.0. The summed E-state index contributed by atoms with van der Waals surface area (Å²) in [6.07, 6.45) is 1.99. The minimum absolute atomic E-state index is 0.0734. The van der Waals surface area contributed by atoms with Gasteiger partial charge in [-0.3, -0.25) is 14.7 Å². The highest BCUT2D eigenvalue weighted by molar-refractivity contribution is 5.82. The number of carbonyl (C=O) groups excluding carboxylic acids is 1. The van der Waals surface area contributed by atoms with E-state index in [9.17, 15) is 4.79 Å². The van der Waals surface area contributed by atoms with Gasteiger partial charge >= 0.3 is 0 Å². The molecule has 3 unspecified atom stereocenters. The second kappa shape index (κ2) is 6.01. The highest BCUT2D eigenvalue weighted by atomic mass is 16.5. The molecule has 0 saturated carbocycles. The Kier molecular flexibility index (Phi) is 3.82. The van der Waals surface area contributed by atoms with Crippen LogP contribution in [0.25, 0.3) is 10.9 Å². The van der Waals surface area contributed by atoms with Gasteiger partial charge in [0.15, 0.2) is 0 Å². The van der Waals surface area contributed by atoms with Crippen molar-refractivity contribution in [3.63, 3.8) is 0 Å². The molecule has 2 aromatic rings. The number of carbonyl (C=O) groups is 1. The van der Waals surface area contributed by atoms with E-state index in [1.54, 1.807) is 0 Å². The second-order valence-electron chi connectivity index (χ2n) is 8.92. The smallest absolute Gasteiger partial charge is 0.230 e. The lowest BCUT2D eigenvalue weighted by Gasteiger charge is -2.47. The van der Waals surface area contributed by atoms with Crippen molar-refractivity contribution in [2.75, 3.05) is 6.54 Å². The van der Waals surface area contributed by atoms with E-state index in [0.29, 0.717) is 13.1 Å². The molecule has 0 spiro atoms. The maximum Gasteiger partial charge on any atom is 0.230 e. The zero-order valence-electron chi connectivity index (χ0n) is 16.3. The third-order valence-electron chi connectivity index (χ3n) is 6.49. The predicted molar refractivity (Wildman–Crippen MR) is 104 cm³/mol. The lowest BCUT2D eigenvalue weighted by molar-refractivity contribution is -0.184. The fourth-order valence-electron chi connectivity index (χ4n) is 5.24. The third kappa shape index (κ3) is 2.75. The average molecular weight is 365 g/mol. The number of aromatic nitrogens is 1. The lowest BCUT2D eigenvalue weighted by atomic mass is 9.92. The van der Waals surface area contributed by atoms with Gasteiger partial charge < -0.3 is 9.64 Å². The van der Waals surface area contributed by atoms with E-state index in [0.717, 1.165) is 36.0 Å². The highest BCUT2D eigenvalue weighted by Crippen LogP contribution is 2.41. The van der Waals surface area contributed by atoms with E-state index in [2.05, 4.69) is 37.8 Å². The van der Waals surface area contributed by atoms with Gasteiger partial charge in [0, 0.05) is 24.0 Å². The molecule has 27 heavy (non-hydrogen) atoms. The number of hydrogen-bond donors (Lipinski definition) is 0. The molecule has 2 saturated heterocycles. The Bertz CT molecular complexity index is 865. The van der Waals surface area contributed by atoms with Crippen LogP contribution in [0.3, 0.4) is 0 Å². The highest BCUT2D eigenvalue weighted by Gasteiger charge is 2.50. The van der Waals surface area contributed by atoms with E-state index in [4.69, 9.17) is 9.72 Å². The SMILES string of the molecule is CC1CC(C)(C)N2CCC(C(=O)N3Cc4cc5ccccc5nc4C3)C2O1. The molecule has 2 fully saturated rings.